The van der Waals surface area contributed by atoms with E-state index >= 15 is 0 Å². The molecule has 168 valence electrons. The fourth-order valence-electron chi connectivity index (χ4n) is 2.39. The molecule has 11 heteroatoms. The Kier molecular flexibility index (Phi) is 8.03. The van der Waals surface area contributed by atoms with Gasteiger partial charge in [0.05, 0.1) is 11.3 Å². The van der Waals surface area contributed by atoms with Crippen LogP contribution in [0.3, 0.4) is 0 Å². The zero-order valence-electron chi connectivity index (χ0n) is 16.5. The topological polar surface area (TPSA) is 102 Å². The quantitative estimate of drug-likeness (QED) is 0.602. The van der Waals surface area contributed by atoms with Gasteiger partial charge in [0.15, 0.2) is 16.4 Å². The smallest absolute Gasteiger partial charge is 0.416 e. The van der Waals surface area contributed by atoms with E-state index in [2.05, 4.69) is 10.6 Å². The van der Waals surface area contributed by atoms with Crippen LogP contribution in [0.4, 0.5) is 18.9 Å². The van der Waals surface area contributed by atoms with Crippen LogP contribution >= 0.6 is 0 Å². The van der Waals surface area contributed by atoms with Crippen LogP contribution in [0.2, 0.25) is 0 Å². The van der Waals surface area contributed by atoms with Crippen molar-refractivity contribution in [1.82, 2.24) is 5.32 Å². The summed E-state index contributed by atoms with van der Waals surface area (Å²) in [7, 11) is -3.18. The summed E-state index contributed by atoms with van der Waals surface area (Å²) < 4.78 is 66.2. The number of benzene rings is 2. The van der Waals surface area contributed by atoms with Crippen LogP contribution in [-0.2, 0) is 20.8 Å². The SMILES string of the molecule is CCS(=O)(=O)CCNC(=O)c1ccc(OCC(=O)Nc2cccc(C(F)(F)F)c2)cc1. The lowest BCUT2D eigenvalue weighted by Crippen LogP contribution is -2.29. The Balaban J connectivity index is 1.84. The molecule has 0 bridgehead atoms. The van der Waals surface area contributed by atoms with E-state index in [9.17, 15) is 31.2 Å². The summed E-state index contributed by atoms with van der Waals surface area (Å²) in [6, 6.07) is 9.97. The number of ether oxygens (including phenoxy) is 1. The van der Waals surface area contributed by atoms with Crippen LogP contribution in [0.15, 0.2) is 48.5 Å². The van der Waals surface area contributed by atoms with Crippen molar-refractivity contribution in [2.45, 2.75) is 13.1 Å². The normalized spacial score (nSPS) is 11.6. The summed E-state index contributed by atoms with van der Waals surface area (Å²) in [5.74, 6) is -1.00. The second kappa shape index (κ2) is 10.3. The third-order valence-corrected chi connectivity index (χ3v) is 5.80. The monoisotopic (exact) mass is 458 g/mol. The zero-order chi connectivity index (χ0) is 23.1. The molecule has 2 amide bonds. The first-order valence-corrected chi connectivity index (χ1v) is 11.0. The number of nitrogens with one attached hydrogen (secondary N) is 2. The highest BCUT2D eigenvalue weighted by Crippen LogP contribution is 2.30. The van der Waals surface area contributed by atoms with Crippen LogP contribution in [0.1, 0.15) is 22.8 Å². The van der Waals surface area contributed by atoms with Gasteiger partial charge in [0.1, 0.15) is 5.75 Å². The van der Waals surface area contributed by atoms with E-state index in [0.717, 1.165) is 12.1 Å². The molecule has 0 atom stereocenters. The number of rotatable bonds is 9. The summed E-state index contributed by atoms with van der Waals surface area (Å²) in [6.45, 7) is 1.06. The largest absolute Gasteiger partial charge is 0.484 e. The van der Waals surface area contributed by atoms with Gasteiger partial charge >= 0.3 is 6.18 Å². The molecule has 2 aromatic rings. The fraction of sp³-hybridized carbons (Fsp3) is 0.300. The maximum absolute atomic E-state index is 12.7. The Morgan fingerprint density at radius 2 is 1.74 bits per heavy atom. The van der Waals surface area contributed by atoms with Crippen molar-refractivity contribution >= 4 is 27.3 Å². The van der Waals surface area contributed by atoms with Gasteiger partial charge in [0.2, 0.25) is 0 Å². The van der Waals surface area contributed by atoms with Gasteiger partial charge in [-0.05, 0) is 42.5 Å². The second-order valence-electron chi connectivity index (χ2n) is 6.43. The third-order valence-electron chi connectivity index (χ3n) is 4.10. The molecule has 0 saturated heterocycles. The molecule has 2 rings (SSSR count). The lowest BCUT2D eigenvalue weighted by molar-refractivity contribution is -0.137. The molecule has 0 heterocycles. The average molecular weight is 458 g/mol. The Hall–Kier alpha value is -3.08. The molecule has 2 aromatic carbocycles. The predicted molar refractivity (Wildman–Crippen MR) is 109 cm³/mol. The van der Waals surface area contributed by atoms with Crippen molar-refractivity contribution in [3.8, 4) is 5.75 Å². The van der Waals surface area contributed by atoms with Crippen molar-refractivity contribution in [2.24, 2.45) is 0 Å². The number of carbonyl (C=O) groups is 2. The third kappa shape index (κ3) is 7.93. The predicted octanol–water partition coefficient (Wildman–Crippen LogP) is 2.89. The molecular formula is C20H21F3N2O5S. The van der Waals surface area contributed by atoms with Crippen molar-refractivity contribution in [1.29, 1.82) is 0 Å². The van der Waals surface area contributed by atoms with Crippen molar-refractivity contribution in [3.63, 3.8) is 0 Å². The number of hydrogen-bond donors (Lipinski definition) is 2. The zero-order valence-corrected chi connectivity index (χ0v) is 17.3. The van der Waals surface area contributed by atoms with Crippen molar-refractivity contribution < 1.29 is 35.9 Å². The van der Waals surface area contributed by atoms with Gasteiger partial charge in [0.25, 0.3) is 11.8 Å². The summed E-state index contributed by atoms with van der Waals surface area (Å²) >= 11 is 0. The molecule has 0 radical (unpaired) electrons. The van der Waals surface area contributed by atoms with Gasteiger partial charge < -0.3 is 15.4 Å². The molecule has 0 unspecified atom stereocenters. The highest BCUT2D eigenvalue weighted by atomic mass is 32.2. The summed E-state index contributed by atoms with van der Waals surface area (Å²) in [5.41, 5.74) is -0.623. The molecule has 2 N–H and O–H groups in total. The van der Waals surface area contributed by atoms with E-state index in [-0.39, 0.29) is 35.1 Å². The van der Waals surface area contributed by atoms with Crippen molar-refractivity contribution in [3.05, 3.63) is 59.7 Å². The van der Waals surface area contributed by atoms with Crippen molar-refractivity contribution in [2.75, 3.05) is 30.0 Å². The maximum atomic E-state index is 12.7. The van der Waals surface area contributed by atoms with Gasteiger partial charge in [-0.3, -0.25) is 9.59 Å². The van der Waals surface area contributed by atoms with E-state index in [4.69, 9.17) is 4.74 Å². The summed E-state index contributed by atoms with van der Waals surface area (Å²) in [6.07, 6.45) is -4.52. The number of halogens is 3. The maximum Gasteiger partial charge on any atom is 0.416 e. The number of sulfone groups is 1. The first-order chi connectivity index (χ1) is 14.5. The number of anilines is 1. The van der Waals surface area contributed by atoms with E-state index in [1.54, 1.807) is 0 Å². The Morgan fingerprint density at radius 3 is 2.35 bits per heavy atom. The molecule has 0 aliphatic carbocycles. The molecule has 0 spiro atoms. The molecule has 0 saturated carbocycles. The first-order valence-electron chi connectivity index (χ1n) is 9.19. The van der Waals surface area contributed by atoms with Gasteiger partial charge in [-0.2, -0.15) is 13.2 Å². The number of amides is 2. The van der Waals surface area contributed by atoms with Gasteiger partial charge in [0, 0.05) is 23.5 Å². The van der Waals surface area contributed by atoms with Crippen LogP contribution < -0.4 is 15.4 Å². The summed E-state index contributed by atoms with van der Waals surface area (Å²) in [5, 5.41) is 4.82. The van der Waals surface area contributed by atoms with E-state index in [0.29, 0.717) is 0 Å². The second-order valence-corrected chi connectivity index (χ2v) is 8.90. The number of carbonyl (C=O) groups excluding carboxylic acids is 2. The molecule has 0 aromatic heterocycles. The molecule has 0 aliphatic rings. The Bertz CT molecular complexity index is 1020. The van der Waals surface area contributed by atoms with Crippen LogP contribution in [0.5, 0.6) is 5.75 Å². The van der Waals surface area contributed by atoms with E-state index in [1.807, 2.05) is 0 Å². The minimum Gasteiger partial charge on any atom is -0.484 e. The molecular weight excluding hydrogens is 437 g/mol. The lowest BCUT2D eigenvalue weighted by Gasteiger charge is -2.11. The minimum atomic E-state index is -4.52. The fourth-order valence-corrected chi connectivity index (χ4v) is 3.09. The van der Waals surface area contributed by atoms with E-state index in [1.165, 1.54) is 43.3 Å². The van der Waals surface area contributed by atoms with E-state index < -0.39 is 40.0 Å². The van der Waals surface area contributed by atoms with Gasteiger partial charge in [-0.1, -0.05) is 13.0 Å². The Morgan fingerprint density at radius 1 is 1.06 bits per heavy atom. The van der Waals surface area contributed by atoms with Gasteiger partial charge in [-0.15, -0.1) is 0 Å². The number of hydrogen-bond acceptors (Lipinski definition) is 5. The highest BCUT2D eigenvalue weighted by molar-refractivity contribution is 7.91. The molecule has 0 aliphatic heterocycles. The van der Waals surface area contributed by atoms with Gasteiger partial charge in [-0.25, -0.2) is 8.42 Å². The molecule has 0 fully saturated rings. The first kappa shape index (κ1) is 24.2. The Labute approximate surface area is 177 Å². The summed E-state index contributed by atoms with van der Waals surface area (Å²) in [4.78, 5) is 23.9. The van der Waals surface area contributed by atoms with Crippen LogP contribution in [0, 0.1) is 0 Å². The minimum absolute atomic E-state index is 0.00372. The van der Waals surface area contributed by atoms with Crippen LogP contribution in [0.25, 0.3) is 0 Å². The lowest BCUT2D eigenvalue weighted by atomic mass is 10.2. The average Bonchev–Trinajstić information content (AvgIpc) is 2.72. The standard InChI is InChI=1S/C20H21F3N2O5S/c1-2-31(28,29)11-10-24-19(27)14-6-8-17(9-7-14)30-13-18(26)25-16-5-3-4-15(12-16)20(21,22)23/h3-9,12H,2,10-11,13H2,1H3,(H,24,27)(H,25,26). The molecule has 31 heavy (non-hydrogen) atoms. The highest BCUT2D eigenvalue weighted by Gasteiger charge is 2.30. The molecule has 7 nitrogen and oxygen atoms in total. The van der Waals surface area contributed by atoms with Crippen LogP contribution in [-0.4, -0.2) is 44.9 Å². The number of alkyl halides is 3.